The smallest absolute Gasteiger partial charge is 0.253 e. The lowest BCUT2D eigenvalue weighted by molar-refractivity contribution is 0.0944. The Morgan fingerprint density at radius 1 is 1.20 bits per heavy atom. The topological polar surface area (TPSA) is 52.9 Å². The standard InChI is InChI=1S/C15H10BrFN2O/c16-12-7-3-1-5-10(12)15(20)19-14(9-18)11-6-2-4-8-13(11)17/h1-8,14H,(H,19,20). The van der Waals surface area contributed by atoms with Crippen LogP contribution >= 0.6 is 15.9 Å². The molecule has 100 valence electrons. The summed E-state index contributed by atoms with van der Waals surface area (Å²) >= 11 is 3.26. The molecule has 2 rings (SSSR count). The van der Waals surface area contributed by atoms with Gasteiger partial charge in [0.25, 0.3) is 5.91 Å². The molecule has 0 fully saturated rings. The van der Waals surface area contributed by atoms with Gasteiger partial charge >= 0.3 is 0 Å². The van der Waals surface area contributed by atoms with Crippen molar-refractivity contribution < 1.29 is 9.18 Å². The fourth-order valence-corrected chi connectivity index (χ4v) is 2.21. The number of carbonyl (C=O) groups is 1. The second-order valence-corrected chi connectivity index (χ2v) is 4.89. The number of halogens is 2. The van der Waals surface area contributed by atoms with Crippen LogP contribution in [-0.4, -0.2) is 5.91 Å². The van der Waals surface area contributed by atoms with E-state index in [4.69, 9.17) is 5.26 Å². The maximum absolute atomic E-state index is 13.6. The van der Waals surface area contributed by atoms with Crippen LogP contribution in [0.5, 0.6) is 0 Å². The number of carbonyl (C=O) groups excluding carboxylic acids is 1. The van der Waals surface area contributed by atoms with Crippen LogP contribution in [0.3, 0.4) is 0 Å². The minimum absolute atomic E-state index is 0.149. The van der Waals surface area contributed by atoms with Crippen LogP contribution in [-0.2, 0) is 0 Å². The van der Waals surface area contributed by atoms with E-state index >= 15 is 0 Å². The number of rotatable bonds is 3. The van der Waals surface area contributed by atoms with Gasteiger partial charge < -0.3 is 5.32 Å². The molecule has 1 atom stereocenters. The van der Waals surface area contributed by atoms with Crippen LogP contribution in [0.15, 0.2) is 53.0 Å². The van der Waals surface area contributed by atoms with E-state index in [0.29, 0.717) is 10.0 Å². The first-order chi connectivity index (χ1) is 9.63. The lowest BCUT2D eigenvalue weighted by Crippen LogP contribution is -2.28. The van der Waals surface area contributed by atoms with Crippen molar-refractivity contribution in [2.75, 3.05) is 0 Å². The Balaban J connectivity index is 2.24. The molecule has 2 aromatic carbocycles. The first-order valence-corrected chi connectivity index (χ1v) is 6.62. The molecule has 0 aliphatic carbocycles. The third-order valence-electron chi connectivity index (χ3n) is 2.74. The first kappa shape index (κ1) is 14.2. The van der Waals surface area contributed by atoms with E-state index < -0.39 is 17.8 Å². The number of hydrogen-bond acceptors (Lipinski definition) is 2. The van der Waals surface area contributed by atoms with Gasteiger partial charge in [-0.05, 0) is 34.1 Å². The predicted molar refractivity (Wildman–Crippen MR) is 76.4 cm³/mol. The van der Waals surface area contributed by atoms with Gasteiger partial charge in [-0.3, -0.25) is 4.79 Å². The maximum Gasteiger partial charge on any atom is 0.253 e. The molecule has 20 heavy (non-hydrogen) atoms. The summed E-state index contributed by atoms with van der Waals surface area (Å²) in [6.07, 6.45) is 0. The summed E-state index contributed by atoms with van der Waals surface area (Å²) in [6, 6.07) is 13.6. The fraction of sp³-hybridized carbons (Fsp3) is 0.0667. The zero-order valence-electron chi connectivity index (χ0n) is 10.3. The zero-order chi connectivity index (χ0) is 14.5. The molecule has 0 heterocycles. The highest BCUT2D eigenvalue weighted by molar-refractivity contribution is 9.10. The quantitative estimate of drug-likeness (QED) is 0.933. The Morgan fingerprint density at radius 3 is 2.50 bits per heavy atom. The van der Waals surface area contributed by atoms with Crippen molar-refractivity contribution in [1.82, 2.24) is 5.32 Å². The molecule has 2 aromatic rings. The Hall–Kier alpha value is -2.19. The highest BCUT2D eigenvalue weighted by atomic mass is 79.9. The summed E-state index contributed by atoms with van der Waals surface area (Å²) in [7, 11) is 0. The fourth-order valence-electron chi connectivity index (χ4n) is 1.74. The lowest BCUT2D eigenvalue weighted by atomic mass is 10.1. The molecule has 1 N–H and O–H groups in total. The van der Waals surface area contributed by atoms with Gasteiger partial charge in [0.2, 0.25) is 0 Å². The van der Waals surface area contributed by atoms with Gasteiger partial charge in [-0.25, -0.2) is 4.39 Å². The molecule has 0 aliphatic rings. The average molecular weight is 333 g/mol. The van der Waals surface area contributed by atoms with Crippen LogP contribution < -0.4 is 5.32 Å². The van der Waals surface area contributed by atoms with Gasteiger partial charge in [0.15, 0.2) is 0 Å². The van der Waals surface area contributed by atoms with E-state index in [2.05, 4.69) is 21.2 Å². The molecule has 0 spiro atoms. The van der Waals surface area contributed by atoms with E-state index in [1.54, 1.807) is 30.3 Å². The Kier molecular flexibility index (Phi) is 4.49. The molecule has 1 unspecified atom stereocenters. The number of nitriles is 1. The molecule has 0 saturated carbocycles. The minimum Gasteiger partial charge on any atom is -0.332 e. The summed E-state index contributed by atoms with van der Waals surface area (Å²) in [5, 5.41) is 11.6. The van der Waals surface area contributed by atoms with Gasteiger partial charge in [0.05, 0.1) is 11.6 Å². The Morgan fingerprint density at radius 2 is 1.85 bits per heavy atom. The highest BCUT2D eigenvalue weighted by Crippen LogP contribution is 2.19. The molecule has 0 aliphatic heterocycles. The van der Waals surface area contributed by atoms with Crippen LogP contribution in [0, 0.1) is 17.1 Å². The summed E-state index contributed by atoms with van der Waals surface area (Å²) in [6.45, 7) is 0. The van der Waals surface area contributed by atoms with Gasteiger partial charge in [-0.1, -0.05) is 30.3 Å². The van der Waals surface area contributed by atoms with Crippen LogP contribution in [0.2, 0.25) is 0 Å². The van der Waals surface area contributed by atoms with E-state index in [1.165, 1.54) is 18.2 Å². The summed E-state index contributed by atoms with van der Waals surface area (Å²) in [5.74, 6) is -0.959. The van der Waals surface area contributed by atoms with Crippen molar-refractivity contribution in [3.8, 4) is 6.07 Å². The SMILES string of the molecule is N#CC(NC(=O)c1ccccc1Br)c1ccccc1F. The molecule has 0 saturated heterocycles. The predicted octanol–water partition coefficient (Wildman–Crippen LogP) is 3.58. The summed E-state index contributed by atoms with van der Waals surface area (Å²) < 4.78 is 14.3. The van der Waals surface area contributed by atoms with Crippen molar-refractivity contribution in [1.29, 1.82) is 5.26 Å². The number of nitrogens with zero attached hydrogens (tertiary/aromatic N) is 1. The van der Waals surface area contributed by atoms with Crippen molar-refractivity contribution in [3.63, 3.8) is 0 Å². The highest BCUT2D eigenvalue weighted by Gasteiger charge is 2.19. The molecular weight excluding hydrogens is 323 g/mol. The normalized spacial score (nSPS) is 11.4. The molecule has 1 amide bonds. The monoisotopic (exact) mass is 332 g/mol. The largest absolute Gasteiger partial charge is 0.332 e. The van der Waals surface area contributed by atoms with Gasteiger partial charge in [0.1, 0.15) is 11.9 Å². The van der Waals surface area contributed by atoms with E-state index in [0.717, 1.165) is 0 Å². The summed E-state index contributed by atoms with van der Waals surface area (Å²) in [4.78, 5) is 12.1. The number of amides is 1. The van der Waals surface area contributed by atoms with Crippen molar-refractivity contribution in [2.45, 2.75) is 6.04 Å². The maximum atomic E-state index is 13.6. The number of benzene rings is 2. The zero-order valence-corrected chi connectivity index (χ0v) is 11.9. The van der Waals surface area contributed by atoms with E-state index in [-0.39, 0.29) is 5.56 Å². The van der Waals surface area contributed by atoms with Crippen molar-refractivity contribution in [2.24, 2.45) is 0 Å². The van der Waals surface area contributed by atoms with Crippen LogP contribution in [0.4, 0.5) is 4.39 Å². The second kappa shape index (κ2) is 6.31. The second-order valence-electron chi connectivity index (χ2n) is 4.04. The third-order valence-corrected chi connectivity index (χ3v) is 3.43. The van der Waals surface area contributed by atoms with Gasteiger partial charge in [-0.15, -0.1) is 0 Å². The first-order valence-electron chi connectivity index (χ1n) is 5.83. The van der Waals surface area contributed by atoms with Crippen molar-refractivity contribution >= 4 is 21.8 Å². The third kappa shape index (κ3) is 3.03. The molecule has 0 radical (unpaired) electrons. The lowest BCUT2D eigenvalue weighted by Gasteiger charge is -2.13. The van der Waals surface area contributed by atoms with Gasteiger partial charge in [-0.2, -0.15) is 5.26 Å². The molecule has 5 heteroatoms. The molecule has 0 bridgehead atoms. The Labute approximate surface area is 124 Å². The Bertz CT molecular complexity index is 682. The van der Waals surface area contributed by atoms with Gasteiger partial charge in [0, 0.05) is 10.0 Å². The van der Waals surface area contributed by atoms with Crippen molar-refractivity contribution in [3.05, 3.63) is 69.9 Å². The van der Waals surface area contributed by atoms with Crippen LogP contribution in [0.1, 0.15) is 22.0 Å². The number of nitrogens with one attached hydrogen (secondary N) is 1. The average Bonchev–Trinajstić information content (AvgIpc) is 2.46. The number of hydrogen-bond donors (Lipinski definition) is 1. The van der Waals surface area contributed by atoms with E-state index in [9.17, 15) is 9.18 Å². The molecule has 0 aromatic heterocycles. The molecule has 3 nitrogen and oxygen atoms in total. The van der Waals surface area contributed by atoms with E-state index in [1.807, 2.05) is 6.07 Å². The molecular formula is C15H10BrFN2O. The minimum atomic E-state index is -1.03. The summed E-state index contributed by atoms with van der Waals surface area (Å²) in [5.41, 5.74) is 0.541. The van der Waals surface area contributed by atoms with Crippen LogP contribution in [0.25, 0.3) is 0 Å².